The Balaban J connectivity index is 1.33. The van der Waals surface area contributed by atoms with E-state index in [-0.39, 0.29) is 6.61 Å². The molecule has 0 aliphatic heterocycles. The summed E-state index contributed by atoms with van der Waals surface area (Å²) in [6.07, 6.45) is 6.94. The summed E-state index contributed by atoms with van der Waals surface area (Å²) in [5, 5.41) is 35.1. The number of hydrogen-bond donors (Lipinski definition) is 5. The molecule has 0 amide bonds. The number of nitrogens with one attached hydrogen (secondary N) is 3. The zero-order chi connectivity index (χ0) is 20.3. The van der Waals surface area contributed by atoms with E-state index >= 15 is 0 Å². The highest BCUT2D eigenvalue weighted by molar-refractivity contribution is 5.91. The van der Waals surface area contributed by atoms with Crippen molar-refractivity contribution in [3.8, 4) is 0 Å². The topological polar surface area (TPSA) is 119 Å². The van der Waals surface area contributed by atoms with E-state index in [1.807, 2.05) is 18.2 Å². The number of hydrogen-bond acceptors (Lipinski definition) is 7. The monoisotopic (exact) mass is 406 g/mol. The average Bonchev–Trinajstić information content (AvgIpc) is 3.17. The van der Waals surface area contributed by atoms with Crippen LogP contribution in [0.3, 0.4) is 0 Å². The molecule has 5 N–H and O–H groups in total. The van der Waals surface area contributed by atoms with Gasteiger partial charge in [0.15, 0.2) is 5.82 Å². The smallest absolute Gasteiger partial charge is 0.153 e. The van der Waals surface area contributed by atoms with Gasteiger partial charge in [-0.1, -0.05) is 0 Å². The van der Waals surface area contributed by atoms with Crippen molar-refractivity contribution in [1.29, 1.82) is 0 Å². The van der Waals surface area contributed by atoms with Gasteiger partial charge in [0.1, 0.15) is 11.6 Å². The van der Waals surface area contributed by atoms with Crippen LogP contribution in [-0.2, 0) is 6.61 Å². The second-order valence-corrected chi connectivity index (χ2v) is 9.35. The lowest BCUT2D eigenvalue weighted by Crippen LogP contribution is -2.59. The van der Waals surface area contributed by atoms with Gasteiger partial charge in [-0.25, -0.2) is 4.98 Å². The number of pyridine rings is 2. The first-order chi connectivity index (χ1) is 14.6. The number of H-pyrrole nitrogens is 1. The molecule has 4 saturated carbocycles. The molecule has 30 heavy (non-hydrogen) atoms. The molecule has 0 saturated heterocycles. The van der Waals surface area contributed by atoms with Crippen LogP contribution in [0.5, 0.6) is 0 Å². The summed E-state index contributed by atoms with van der Waals surface area (Å²) in [6, 6.07) is 7.98. The normalized spacial score (nSPS) is 31.9. The van der Waals surface area contributed by atoms with Gasteiger partial charge in [-0.3, -0.25) is 10.1 Å². The van der Waals surface area contributed by atoms with E-state index in [4.69, 9.17) is 4.98 Å². The van der Waals surface area contributed by atoms with Crippen molar-refractivity contribution >= 4 is 28.4 Å². The van der Waals surface area contributed by atoms with Crippen molar-refractivity contribution in [1.82, 2.24) is 20.2 Å². The summed E-state index contributed by atoms with van der Waals surface area (Å²) in [5.41, 5.74) is 1.05. The summed E-state index contributed by atoms with van der Waals surface area (Å²) < 4.78 is 0. The Bertz CT molecular complexity index is 1080. The molecule has 3 aromatic rings. The van der Waals surface area contributed by atoms with Gasteiger partial charge in [-0.2, -0.15) is 5.10 Å². The van der Waals surface area contributed by atoms with Crippen LogP contribution in [0.4, 0.5) is 17.5 Å². The quantitative estimate of drug-likeness (QED) is 0.442. The van der Waals surface area contributed by atoms with Gasteiger partial charge < -0.3 is 20.8 Å². The first kappa shape index (κ1) is 18.1. The molecule has 0 spiro atoms. The molecule has 0 aromatic carbocycles. The molecule has 4 aliphatic rings. The predicted octanol–water partition coefficient (Wildman–Crippen LogP) is 2.94. The summed E-state index contributed by atoms with van der Waals surface area (Å²) in [5.74, 6) is 3.73. The lowest BCUT2D eigenvalue weighted by molar-refractivity contribution is -0.129. The van der Waals surface area contributed by atoms with Crippen molar-refractivity contribution in [3.05, 3.63) is 36.2 Å². The number of rotatable bonds is 5. The SMILES string of the molecule is OCc1cc(Nc2cc3ncccc3c(NC3C4CC5CC3CC(O)(C5)C4)n2)n[nH]1. The number of anilines is 3. The van der Waals surface area contributed by atoms with Crippen molar-refractivity contribution < 1.29 is 10.2 Å². The molecule has 4 aliphatic carbocycles. The number of aliphatic hydroxyl groups excluding tert-OH is 1. The highest BCUT2D eigenvalue weighted by atomic mass is 16.3. The largest absolute Gasteiger partial charge is 0.390 e. The maximum absolute atomic E-state index is 10.9. The lowest BCUT2D eigenvalue weighted by atomic mass is 9.52. The number of nitrogens with zero attached hydrogens (tertiary/aromatic N) is 3. The highest BCUT2D eigenvalue weighted by Gasteiger charge is 2.54. The van der Waals surface area contributed by atoms with Crippen LogP contribution < -0.4 is 10.6 Å². The predicted molar refractivity (Wildman–Crippen MR) is 113 cm³/mol. The van der Waals surface area contributed by atoms with Crippen LogP contribution in [-0.4, -0.2) is 42.0 Å². The van der Waals surface area contributed by atoms with E-state index in [2.05, 4.69) is 25.8 Å². The van der Waals surface area contributed by atoms with Gasteiger partial charge in [0.05, 0.1) is 23.4 Å². The van der Waals surface area contributed by atoms with Gasteiger partial charge in [0, 0.05) is 29.8 Å². The summed E-state index contributed by atoms with van der Waals surface area (Å²) in [7, 11) is 0. The summed E-state index contributed by atoms with van der Waals surface area (Å²) >= 11 is 0. The Kier molecular flexibility index (Phi) is 4.01. The number of aromatic nitrogens is 4. The number of aromatic amines is 1. The Morgan fingerprint density at radius 3 is 2.70 bits per heavy atom. The Morgan fingerprint density at radius 1 is 1.13 bits per heavy atom. The fraction of sp³-hybridized carbons (Fsp3) is 0.500. The molecule has 8 nitrogen and oxygen atoms in total. The third kappa shape index (κ3) is 3.02. The van der Waals surface area contributed by atoms with Crippen LogP contribution in [0.2, 0.25) is 0 Å². The molecule has 2 unspecified atom stereocenters. The van der Waals surface area contributed by atoms with Gasteiger partial charge in [-0.05, 0) is 62.0 Å². The molecule has 4 bridgehead atoms. The van der Waals surface area contributed by atoms with Crippen LogP contribution in [0.15, 0.2) is 30.5 Å². The molecule has 3 heterocycles. The van der Waals surface area contributed by atoms with E-state index in [9.17, 15) is 10.2 Å². The third-order valence-electron chi connectivity index (χ3n) is 7.20. The van der Waals surface area contributed by atoms with Gasteiger partial charge in [-0.15, -0.1) is 0 Å². The van der Waals surface area contributed by atoms with Crippen molar-refractivity contribution in [2.75, 3.05) is 10.6 Å². The first-order valence-electron chi connectivity index (χ1n) is 10.8. The minimum absolute atomic E-state index is 0.0913. The zero-order valence-corrected chi connectivity index (χ0v) is 16.7. The van der Waals surface area contributed by atoms with Crippen molar-refractivity contribution in [3.63, 3.8) is 0 Å². The molecule has 156 valence electrons. The van der Waals surface area contributed by atoms with E-state index in [1.54, 1.807) is 12.3 Å². The number of aliphatic hydroxyl groups is 2. The van der Waals surface area contributed by atoms with Gasteiger partial charge in [0.25, 0.3) is 0 Å². The van der Waals surface area contributed by atoms with Crippen LogP contribution in [0.25, 0.3) is 10.9 Å². The molecule has 7 rings (SSSR count). The summed E-state index contributed by atoms with van der Waals surface area (Å²) in [4.78, 5) is 9.39. The van der Waals surface area contributed by atoms with Crippen LogP contribution in [0.1, 0.15) is 37.8 Å². The van der Waals surface area contributed by atoms with E-state index in [1.165, 1.54) is 12.8 Å². The van der Waals surface area contributed by atoms with E-state index < -0.39 is 5.60 Å². The van der Waals surface area contributed by atoms with Crippen molar-refractivity contribution in [2.24, 2.45) is 17.8 Å². The molecule has 4 fully saturated rings. The van der Waals surface area contributed by atoms with Crippen LogP contribution >= 0.6 is 0 Å². The maximum Gasteiger partial charge on any atom is 0.153 e. The highest BCUT2D eigenvalue weighted by Crippen LogP contribution is 2.56. The van der Waals surface area contributed by atoms with Crippen LogP contribution in [0, 0.1) is 17.8 Å². The van der Waals surface area contributed by atoms with Gasteiger partial charge in [0.2, 0.25) is 0 Å². The Labute approximate surface area is 174 Å². The van der Waals surface area contributed by atoms with E-state index in [0.29, 0.717) is 41.1 Å². The zero-order valence-electron chi connectivity index (χ0n) is 16.7. The molecule has 2 atom stereocenters. The maximum atomic E-state index is 10.9. The minimum atomic E-state index is -0.445. The van der Waals surface area contributed by atoms with E-state index in [0.717, 1.165) is 36.0 Å². The minimum Gasteiger partial charge on any atom is -0.390 e. The molecule has 0 radical (unpaired) electrons. The van der Waals surface area contributed by atoms with Gasteiger partial charge >= 0.3 is 0 Å². The fourth-order valence-corrected chi connectivity index (χ4v) is 6.26. The molecular formula is C22H26N6O2. The van der Waals surface area contributed by atoms with Crippen molar-refractivity contribution in [2.45, 2.75) is 50.4 Å². The standard InChI is InChI=1S/C22H26N6O2/c29-11-15-6-19(28-27-15)24-18-7-17-16(2-1-3-23-17)21(25-18)26-20-13-4-12-5-14(20)10-22(30,8-12)9-13/h1-3,6-7,12-14,20,29-30H,4-5,8-11H2,(H3,24,25,26,27,28). The second-order valence-electron chi connectivity index (χ2n) is 9.35. The molecule has 8 heteroatoms. The number of fused-ring (bicyclic) bond motifs is 1. The Hall–Kier alpha value is -2.71. The molecule has 3 aromatic heterocycles. The third-order valence-corrected chi connectivity index (χ3v) is 7.20. The lowest BCUT2D eigenvalue weighted by Gasteiger charge is -2.58. The first-order valence-corrected chi connectivity index (χ1v) is 10.8. The fourth-order valence-electron chi connectivity index (χ4n) is 6.26. The molecular weight excluding hydrogens is 380 g/mol. The summed E-state index contributed by atoms with van der Waals surface area (Å²) in [6.45, 7) is -0.0913. The average molecular weight is 406 g/mol. The second kappa shape index (κ2) is 6.65. The Morgan fingerprint density at radius 2 is 1.97 bits per heavy atom.